The summed E-state index contributed by atoms with van der Waals surface area (Å²) >= 11 is 0. The van der Waals surface area contributed by atoms with Crippen molar-refractivity contribution in [3.63, 3.8) is 0 Å². The van der Waals surface area contributed by atoms with E-state index in [2.05, 4.69) is 4.98 Å². The minimum atomic E-state index is -2.87. The van der Waals surface area contributed by atoms with Crippen LogP contribution in [0.3, 0.4) is 0 Å². The van der Waals surface area contributed by atoms with Gasteiger partial charge in [-0.25, -0.2) is 9.78 Å². The van der Waals surface area contributed by atoms with Crippen molar-refractivity contribution < 1.29 is 24.3 Å². The smallest absolute Gasteiger partial charge is 0.477 e. The van der Waals surface area contributed by atoms with E-state index in [1.54, 1.807) is 12.1 Å². The standard InChI is InChI=1S/C10H7NO2.HO3P/c12-10(13)9-6-5-7-3-1-2-4-8(7)11-9;1-4(2)3/h1-6H,(H,12,13);(H-,1,2,3)/p+1. The second-order valence-corrected chi connectivity index (χ2v) is 3.45. The third kappa shape index (κ3) is 4.24. The largest absolute Gasteiger partial charge is 0.692 e. The van der Waals surface area contributed by atoms with E-state index in [0.717, 1.165) is 5.39 Å². The molecule has 0 amide bonds. The van der Waals surface area contributed by atoms with E-state index in [4.69, 9.17) is 19.5 Å². The van der Waals surface area contributed by atoms with Crippen molar-refractivity contribution >= 4 is 25.1 Å². The Morgan fingerprint density at radius 3 is 2.29 bits per heavy atom. The molecule has 2 rings (SSSR count). The molecule has 0 saturated carbocycles. The Morgan fingerprint density at radius 1 is 1.12 bits per heavy atom. The molecule has 0 aliphatic heterocycles. The molecule has 1 heterocycles. The Morgan fingerprint density at radius 2 is 1.71 bits per heavy atom. The number of carboxylic acid groups (broad SMARTS) is 1. The molecule has 0 saturated heterocycles. The molecule has 3 N–H and O–H groups in total. The van der Waals surface area contributed by atoms with Gasteiger partial charge in [0.2, 0.25) is 0 Å². The summed E-state index contributed by atoms with van der Waals surface area (Å²) in [5, 5.41) is 9.63. The number of pyridine rings is 1. The molecule has 0 spiro atoms. The van der Waals surface area contributed by atoms with Gasteiger partial charge in [0.1, 0.15) is 5.69 Å². The highest BCUT2D eigenvalue weighted by molar-refractivity contribution is 7.30. The number of hydrogen-bond acceptors (Lipinski definition) is 3. The maximum absolute atomic E-state index is 10.6. The Kier molecular flexibility index (Phi) is 4.66. The summed E-state index contributed by atoms with van der Waals surface area (Å²) in [5.41, 5.74) is 0.793. The number of para-hydroxylation sites is 1. The van der Waals surface area contributed by atoms with Crippen LogP contribution in [0.15, 0.2) is 36.4 Å². The molecule has 6 nitrogen and oxygen atoms in total. The van der Waals surface area contributed by atoms with Crippen molar-refractivity contribution in [1.82, 2.24) is 4.98 Å². The fraction of sp³-hybridized carbons (Fsp3) is 0. The van der Waals surface area contributed by atoms with Crippen molar-refractivity contribution in [2.24, 2.45) is 0 Å². The van der Waals surface area contributed by atoms with Gasteiger partial charge in [0.15, 0.2) is 0 Å². The summed E-state index contributed by atoms with van der Waals surface area (Å²) in [5.74, 6) is -0.995. The number of carboxylic acids is 1. The summed E-state index contributed by atoms with van der Waals surface area (Å²) in [6, 6.07) is 10.7. The Labute approximate surface area is 97.1 Å². The molecular weight excluding hydrogens is 245 g/mol. The fourth-order valence-electron chi connectivity index (χ4n) is 1.19. The third-order valence-electron chi connectivity index (χ3n) is 1.82. The van der Waals surface area contributed by atoms with Crippen LogP contribution in [0.4, 0.5) is 0 Å². The van der Waals surface area contributed by atoms with Crippen LogP contribution in [0.2, 0.25) is 0 Å². The zero-order valence-corrected chi connectivity index (χ0v) is 9.41. The lowest BCUT2D eigenvalue weighted by molar-refractivity contribution is 0.0691. The number of fused-ring (bicyclic) bond motifs is 1. The average Bonchev–Trinajstić information content (AvgIpc) is 2.27. The third-order valence-corrected chi connectivity index (χ3v) is 1.82. The van der Waals surface area contributed by atoms with E-state index in [0.29, 0.717) is 5.52 Å². The number of hydrogen-bond donors (Lipinski definition) is 3. The van der Waals surface area contributed by atoms with E-state index < -0.39 is 14.2 Å². The number of aromatic nitrogens is 1. The Balaban J connectivity index is 0.000000317. The fourth-order valence-corrected chi connectivity index (χ4v) is 1.19. The first-order chi connectivity index (χ1) is 8.00. The molecule has 2 aromatic rings. The van der Waals surface area contributed by atoms with Crippen LogP contribution >= 0.6 is 8.25 Å². The van der Waals surface area contributed by atoms with E-state index >= 15 is 0 Å². The highest BCUT2D eigenvalue weighted by Crippen LogP contribution is 2.11. The molecule has 7 heteroatoms. The second-order valence-electron chi connectivity index (χ2n) is 2.95. The van der Waals surface area contributed by atoms with Crippen LogP contribution in [0.1, 0.15) is 10.5 Å². The number of rotatable bonds is 1. The van der Waals surface area contributed by atoms with Gasteiger partial charge < -0.3 is 5.11 Å². The van der Waals surface area contributed by atoms with Gasteiger partial charge in [0, 0.05) is 9.95 Å². The van der Waals surface area contributed by atoms with Crippen LogP contribution in [-0.2, 0) is 4.57 Å². The van der Waals surface area contributed by atoms with E-state index in [1.807, 2.05) is 18.2 Å². The highest BCUT2D eigenvalue weighted by Gasteiger charge is 2.03. The van der Waals surface area contributed by atoms with E-state index in [1.165, 1.54) is 6.07 Å². The van der Waals surface area contributed by atoms with Gasteiger partial charge in [-0.1, -0.05) is 24.3 Å². The van der Waals surface area contributed by atoms with Crippen LogP contribution in [0, 0.1) is 0 Å². The van der Waals surface area contributed by atoms with Crippen molar-refractivity contribution in [1.29, 1.82) is 0 Å². The van der Waals surface area contributed by atoms with Crippen molar-refractivity contribution in [3.8, 4) is 0 Å². The first kappa shape index (κ1) is 13.2. The topological polar surface area (TPSA) is 108 Å². The van der Waals surface area contributed by atoms with E-state index in [9.17, 15) is 4.79 Å². The zero-order chi connectivity index (χ0) is 12.8. The normalized spacial score (nSPS) is 9.29. The molecule has 0 aliphatic carbocycles. The van der Waals surface area contributed by atoms with Crippen molar-refractivity contribution in [2.75, 3.05) is 0 Å². The van der Waals surface area contributed by atoms with Gasteiger partial charge in [-0.2, -0.15) is 0 Å². The average molecular weight is 254 g/mol. The first-order valence-corrected chi connectivity index (χ1v) is 5.61. The summed E-state index contributed by atoms with van der Waals surface area (Å²) in [6.45, 7) is 0. The first-order valence-electron chi connectivity index (χ1n) is 4.45. The quantitative estimate of drug-likeness (QED) is 0.666. The predicted octanol–water partition coefficient (Wildman–Crippen LogP) is 1.56. The highest BCUT2D eigenvalue weighted by atomic mass is 31.1. The minimum absolute atomic E-state index is 0.0821. The molecule has 0 bridgehead atoms. The summed E-state index contributed by atoms with van der Waals surface area (Å²) in [7, 11) is -2.87. The van der Waals surface area contributed by atoms with Gasteiger partial charge in [-0.05, 0) is 12.1 Å². The van der Waals surface area contributed by atoms with Gasteiger partial charge in [0.25, 0.3) is 0 Å². The Bertz CT molecular complexity index is 553. The molecule has 1 aromatic carbocycles. The maximum atomic E-state index is 10.6. The lowest BCUT2D eigenvalue weighted by Gasteiger charge is -1.97. The molecule has 0 unspecified atom stereocenters. The van der Waals surface area contributed by atoms with Crippen LogP contribution in [0.25, 0.3) is 10.9 Å². The van der Waals surface area contributed by atoms with Gasteiger partial charge in [0.05, 0.1) is 5.52 Å². The second kappa shape index (κ2) is 6.00. The Hall–Kier alpha value is -1.88. The van der Waals surface area contributed by atoms with E-state index in [-0.39, 0.29) is 5.69 Å². The summed E-state index contributed by atoms with van der Waals surface area (Å²) in [6.07, 6.45) is 0. The number of benzene rings is 1. The molecular formula is C10H9NO5P+. The molecule has 17 heavy (non-hydrogen) atoms. The lowest BCUT2D eigenvalue weighted by Crippen LogP contribution is -1.99. The molecule has 0 radical (unpaired) electrons. The molecule has 1 aromatic heterocycles. The number of nitrogens with zero attached hydrogens (tertiary/aromatic N) is 1. The van der Waals surface area contributed by atoms with Crippen molar-refractivity contribution in [2.45, 2.75) is 0 Å². The lowest BCUT2D eigenvalue weighted by atomic mass is 10.2. The monoisotopic (exact) mass is 254 g/mol. The predicted molar refractivity (Wildman–Crippen MR) is 60.7 cm³/mol. The van der Waals surface area contributed by atoms with Crippen molar-refractivity contribution in [3.05, 3.63) is 42.1 Å². The zero-order valence-electron chi connectivity index (χ0n) is 8.52. The summed E-state index contributed by atoms with van der Waals surface area (Å²) in [4.78, 5) is 28.8. The SMILES string of the molecule is O=C(O)c1ccc2ccccc2n1.O=[P+](O)O. The molecule has 0 fully saturated rings. The molecule has 88 valence electrons. The van der Waals surface area contributed by atoms with Crippen LogP contribution in [0.5, 0.6) is 0 Å². The number of aromatic carboxylic acids is 1. The minimum Gasteiger partial charge on any atom is -0.477 e. The number of carbonyl (C=O) groups is 1. The van der Waals surface area contributed by atoms with Gasteiger partial charge in [-0.3, -0.25) is 0 Å². The summed E-state index contributed by atoms with van der Waals surface area (Å²) < 4.78 is 8.70. The molecule has 0 atom stereocenters. The molecule has 0 aliphatic rings. The van der Waals surface area contributed by atoms with Gasteiger partial charge in [-0.15, -0.1) is 9.79 Å². The van der Waals surface area contributed by atoms with Crippen LogP contribution < -0.4 is 0 Å². The van der Waals surface area contributed by atoms with Gasteiger partial charge >= 0.3 is 14.2 Å². The maximum Gasteiger partial charge on any atom is 0.692 e. The van der Waals surface area contributed by atoms with Crippen LogP contribution in [-0.4, -0.2) is 25.8 Å².